The standard InChI is InChI=1S/C15H19NO6.C2H6/c1-15(2,3)22-14(20)16(4)11-7-9(12(17)18)6-10(8-11)13(19)21-5;1-2/h6-8H,1-5H3,(H,17,18);1-2H3. The lowest BCUT2D eigenvalue weighted by molar-refractivity contribution is 0.0578. The molecule has 0 atom stereocenters. The number of ether oxygens (including phenoxy) is 2. The van der Waals surface area contributed by atoms with Crippen LogP contribution in [0.25, 0.3) is 0 Å². The molecule has 1 aromatic carbocycles. The highest BCUT2D eigenvalue weighted by molar-refractivity contribution is 5.98. The van der Waals surface area contributed by atoms with Gasteiger partial charge in [0.05, 0.1) is 18.2 Å². The second kappa shape index (κ2) is 8.90. The Morgan fingerprint density at radius 2 is 1.54 bits per heavy atom. The Balaban J connectivity index is 0.00000254. The van der Waals surface area contributed by atoms with Crippen LogP contribution in [0.4, 0.5) is 10.5 Å². The second-order valence-corrected chi connectivity index (χ2v) is 5.60. The first-order valence-corrected chi connectivity index (χ1v) is 7.48. The summed E-state index contributed by atoms with van der Waals surface area (Å²) in [7, 11) is 2.61. The fourth-order valence-electron chi connectivity index (χ4n) is 1.60. The molecule has 0 saturated carbocycles. The van der Waals surface area contributed by atoms with Crippen molar-refractivity contribution in [3.05, 3.63) is 29.3 Å². The molecule has 0 spiro atoms. The van der Waals surface area contributed by atoms with E-state index in [4.69, 9.17) is 9.84 Å². The van der Waals surface area contributed by atoms with Gasteiger partial charge < -0.3 is 14.6 Å². The third-order valence-electron chi connectivity index (χ3n) is 2.64. The summed E-state index contributed by atoms with van der Waals surface area (Å²) in [6.45, 7) is 9.14. The first kappa shape index (κ1) is 21.4. The molecule has 1 N–H and O–H groups in total. The number of carboxylic acid groups (broad SMARTS) is 1. The van der Waals surface area contributed by atoms with Crippen LogP contribution in [0.5, 0.6) is 0 Å². The Morgan fingerprint density at radius 1 is 1.04 bits per heavy atom. The molecule has 0 unspecified atom stereocenters. The number of hydrogen-bond donors (Lipinski definition) is 1. The number of nitrogens with zero attached hydrogens (tertiary/aromatic N) is 1. The summed E-state index contributed by atoms with van der Waals surface area (Å²) < 4.78 is 9.78. The van der Waals surface area contributed by atoms with Crippen LogP contribution >= 0.6 is 0 Å². The predicted molar refractivity (Wildman–Crippen MR) is 90.7 cm³/mol. The Morgan fingerprint density at radius 3 is 1.96 bits per heavy atom. The number of amides is 1. The number of carbonyl (C=O) groups is 3. The average molecular weight is 339 g/mol. The lowest BCUT2D eigenvalue weighted by atomic mass is 10.1. The molecule has 0 fully saturated rings. The quantitative estimate of drug-likeness (QED) is 0.846. The van der Waals surface area contributed by atoms with Gasteiger partial charge in [0.1, 0.15) is 5.60 Å². The number of anilines is 1. The molecule has 1 amide bonds. The Bertz CT molecular complexity index is 604. The molecule has 0 bridgehead atoms. The molecule has 0 aliphatic carbocycles. The maximum absolute atomic E-state index is 12.0. The average Bonchev–Trinajstić information content (AvgIpc) is 2.53. The van der Waals surface area contributed by atoms with Crippen LogP contribution in [0.15, 0.2) is 18.2 Å². The number of benzene rings is 1. The van der Waals surface area contributed by atoms with Crippen LogP contribution in [-0.2, 0) is 9.47 Å². The molecule has 1 rings (SSSR count). The number of carbonyl (C=O) groups excluding carboxylic acids is 2. The van der Waals surface area contributed by atoms with E-state index in [9.17, 15) is 14.4 Å². The first-order chi connectivity index (χ1) is 11.0. The van der Waals surface area contributed by atoms with Crippen molar-refractivity contribution < 1.29 is 29.0 Å². The molecule has 0 aliphatic rings. The van der Waals surface area contributed by atoms with E-state index < -0.39 is 23.6 Å². The molecule has 0 aliphatic heterocycles. The third-order valence-corrected chi connectivity index (χ3v) is 2.64. The normalized spacial score (nSPS) is 10.1. The fraction of sp³-hybridized carbons (Fsp3) is 0.471. The molecule has 24 heavy (non-hydrogen) atoms. The van der Waals surface area contributed by atoms with Crippen LogP contribution in [0.3, 0.4) is 0 Å². The minimum atomic E-state index is -1.22. The molecule has 0 saturated heterocycles. The molecular weight excluding hydrogens is 314 g/mol. The zero-order chi connectivity index (χ0) is 19.1. The van der Waals surface area contributed by atoms with Gasteiger partial charge in [-0.05, 0) is 39.0 Å². The van der Waals surface area contributed by atoms with E-state index in [0.29, 0.717) is 0 Å². The van der Waals surface area contributed by atoms with E-state index in [1.165, 1.54) is 32.4 Å². The molecule has 0 aromatic heterocycles. The zero-order valence-corrected chi connectivity index (χ0v) is 15.2. The van der Waals surface area contributed by atoms with Gasteiger partial charge in [-0.1, -0.05) is 13.8 Å². The lowest BCUT2D eigenvalue weighted by Crippen LogP contribution is -2.34. The van der Waals surface area contributed by atoms with E-state index in [1.807, 2.05) is 13.8 Å². The zero-order valence-electron chi connectivity index (χ0n) is 15.2. The van der Waals surface area contributed by atoms with Gasteiger partial charge in [-0.15, -0.1) is 0 Å². The molecule has 7 nitrogen and oxygen atoms in total. The Labute approximate surface area is 142 Å². The highest BCUT2D eigenvalue weighted by Gasteiger charge is 2.22. The maximum atomic E-state index is 12.0. The van der Waals surface area contributed by atoms with Crippen LogP contribution in [0.2, 0.25) is 0 Å². The van der Waals surface area contributed by atoms with Gasteiger partial charge in [-0.2, -0.15) is 0 Å². The summed E-state index contributed by atoms with van der Waals surface area (Å²) in [6.07, 6.45) is -0.661. The minimum Gasteiger partial charge on any atom is -0.478 e. The molecule has 1 aromatic rings. The van der Waals surface area contributed by atoms with Crippen molar-refractivity contribution in [1.82, 2.24) is 0 Å². The van der Waals surface area contributed by atoms with E-state index in [2.05, 4.69) is 4.74 Å². The number of aromatic carboxylic acids is 1. The lowest BCUT2D eigenvalue weighted by Gasteiger charge is -2.25. The number of hydrogen-bond acceptors (Lipinski definition) is 5. The Hall–Kier alpha value is -2.57. The number of rotatable bonds is 3. The topological polar surface area (TPSA) is 93.1 Å². The van der Waals surface area contributed by atoms with E-state index in [0.717, 1.165) is 4.90 Å². The molecule has 0 heterocycles. The third kappa shape index (κ3) is 6.28. The van der Waals surface area contributed by atoms with Gasteiger partial charge in [0.2, 0.25) is 0 Å². The molecular formula is C17H25NO6. The van der Waals surface area contributed by atoms with Gasteiger partial charge in [0, 0.05) is 12.7 Å². The molecule has 7 heteroatoms. The summed E-state index contributed by atoms with van der Waals surface area (Å²) >= 11 is 0. The molecule has 0 radical (unpaired) electrons. The summed E-state index contributed by atoms with van der Waals surface area (Å²) in [5.74, 6) is -1.91. The smallest absolute Gasteiger partial charge is 0.414 e. The van der Waals surface area contributed by atoms with E-state index in [1.54, 1.807) is 20.8 Å². The highest BCUT2D eigenvalue weighted by Crippen LogP contribution is 2.21. The summed E-state index contributed by atoms with van der Waals surface area (Å²) in [5, 5.41) is 9.11. The fourth-order valence-corrected chi connectivity index (χ4v) is 1.60. The summed E-state index contributed by atoms with van der Waals surface area (Å²) in [5.41, 5.74) is -0.573. The van der Waals surface area contributed by atoms with Crippen molar-refractivity contribution in [1.29, 1.82) is 0 Å². The van der Waals surface area contributed by atoms with Crippen LogP contribution in [0.1, 0.15) is 55.3 Å². The van der Waals surface area contributed by atoms with Gasteiger partial charge in [0.25, 0.3) is 0 Å². The van der Waals surface area contributed by atoms with Crippen LogP contribution in [0, 0.1) is 0 Å². The van der Waals surface area contributed by atoms with Gasteiger partial charge in [-0.3, -0.25) is 4.90 Å². The second-order valence-electron chi connectivity index (χ2n) is 5.60. The minimum absolute atomic E-state index is 0.0350. The van der Waals surface area contributed by atoms with E-state index >= 15 is 0 Å². The van der Waals surface area contributed by atoms with Gasteiger partial charge >= 0.3 is 18.0 Å². The van der Waals surface area contributed by atoms with Crippen molar-refractivity contribution in [2.45, 2.75) is 40.2 Å². The number of methoxy groups -OCH3 is 1. The van der Waals surface area contributed by atoms with E-state index in [-0.39, 0.29) is 16.8 Å². The van der Waals surface area contributed by atoms with Crippen LogP contribution in [-0.4, -0.2) is 42.9 Å². The Kier molecular flexibility index (Phi) is 7.95. The van der Waals surface area contributed by atoms with Crippen molar-refractivity contribution in [2.24, 2.45) is 0 Å². The largest absolute Gasteiger partial charge is 0.478 e. The summed E-state index contributed by atoms with van der Waals surface area (Å²) in [4.78, 5) is 35.9. The van der Waals surface area contributed by atoms with Crippen molar-refractivity contribution in [3.63, 3.8) is 0 Å². The molecule has 134 valence electrons. The first-order valence-electron chi connectivity index (χ1n) is 7.48. The number of esters is 1. The maximum Gasteiger partial charge on any atom is 0.414 e. The van der Waals surface area contributed by atoms with Gasteiger partial charge in [-0.25, -0.2) is 14.4 Å². The van der Waals surface area contributed by atoms with Crippen molar-refractivity contribution in [2.75, 3.05) is 19.1 Å². The van der Waals surface area contributed by atoms with Crippen LogP contribution < -0.4 is 4.90 Å². The van der Waals surface area contributed by atoms with Crippen molar-refractivity contribution >= 4 is 23.7 Å². The monoisotopic (exact) mass is 339 g/mol. The van der Waals surface area contributed by atoms with Gasteiger partial charge in [0.15, 0.2) is 0 Å². The van der Waals surface area contributed by atoms with Crippen molar-refractivity contribution in [3.8, 4) is 0 Å². The SMILES string of the molecule is CC.COC(=O)c1cc(C(=O)O)cc(N(C)C(=O)OC(C)(C)C)c1. The predicted octanol–water partition coefficient (Wildman–Crippen LogP) is 3.57. The number of carboxylic acids is 1. The summed E-state index contributed by atoms with van der Waals surface area (Å²) in [6, 6.07) is 3.82. The highest BCUT2D eigenvalue weighted by atomic mass is 16.6.